The second-order valence-corrected chi connectivity index (χ2v) is 11.2. The van der Waals surface area contributed by atoms with E-state index < -0.39 is 5.60 Å². The van der Waals surface area contributed by atoms with Crippen molar-refractivity contribution in [3.63, 3.8) is 0 Å². The molecule has 6 rings (SSSR count). The predicted molar refractivity (Wildman–Crippen MR) is 171 cm³/mol. The van der Waals surface area contributed by atoms with Crippen molar-refractivity contribution in [1.29, 1.82) is 0 Å². The quantitative estimate of drug-likeness (QED) is 0.205. The Morgan fingerprint density at radius 3 is 2.34 bits per heavy atom. The van der Waals surface area contributed by atoms with Crippen molar-refractivity contribution >= 4 is 33.3 Å². The third-order valence-corrected chi connectivity index (χ3v) is 8.26. The molecule has 5 heteroatoms. The molecule has 0 radical (unpaired) electrons. The lowest BCUT2D eigenvalue weighted by atomic mass is 9.70. The summed E-state index contributed by atoms with van der Waals surface area (Å²) in [5.74, 6) is 0.435. The molecular weight excluding hydrogens is 528 g/mol. The zero-order valence-electron chi connectivity index (χ0n) is 24.4. The first-order chi connectivity index (χ1) is 20.0. The van der Waals surface area contributed by atoms with E-state index in [1.54, 1.807) is 7.11 Å². The highest BCUT2D eigenvalue weighted by Crippen LogP contribution is 2.52. The summed E-state index contributed by atoms with van der Waals surface area (Å²) in [6.07, 6.45) is 3.45. The summed E-state index contributed by atoms with van der Waals surface area (Å²) in [6, 6.07) is 33.6. The first kappa shape index (κ1) is 29.1. The molecule has 2 atom stereocenters. The lowest BCUT2D eigenvalue weighted by Gasteiger charge is -2.47. The maximum Gasteiger partial charge on any atom is 0.217 e. The molecule has 212 valence electrons. The van der Waals surface area contributed by atoms with Gasteiger partial charge in [0.15, 0.2) is 0 Å². The van der Waals surface area contributed by atoms with Gasteiger partial charge in [0.25, 0.3) is 0 Å². The van der Waals surface area contributed by atoms with Crippen molar-refractivity contribution in [2.24, 2.45) is 0 Å². The van der Waals surface area contributed by atoms with Gasteiger partial charge in [-0.05, 0) is 59.6 Å². The van der Waals surface area contributed by atoms with Crippen LogP contribution in [0.3, 0.4) is 0 Å². The third kappa shape index (κ3) is 5.97. The predicted octanol–water partition coefficient (Wildman–Crippen LogP) is 9.19. The van der Waals surface area contributed by atoms with Crippen LogP contribution in [-0.2, 0) is 10.3 Å². The van der Waals surface area contributed by atoms with E-state index in [0.29, 0.717) is 17.6 Å². The SMILES string of the molecule is CCCC.COc1nc2ccc(Cl)cc2cc1[C@@H](c1ccccc1)[C@@]1(c2cccc3ccccc23)CCN(C)CO1. The molecular formula is C36H39ClN2O2. The van der Waals surface area contributed by atoms with Gasteiger partial charge in [0.2, 0.25) is 5.88 Å². The first-order valence-electron chi connectivity index (χ1n) is 14.5. The van der Waals surface area contributed by atoms with E-state index in [0.717, 1.165) is 35.0 Å². The molecule has 0 N–H and O–H groups in total. The molecule has 0 aliphatic carbocycles. The van der Waals surface area contributed by atoms with Crippen LogP contribution in [0.4, 0.5) is 0 Å². The number of aromatic nitrogens is 1. The van der Waals surface area contributed by atoms with E-state index in [9.17, 15) is 0 Å². The van der Waals surface area contributed by atoms with Crippen LogP contribution in [0.25, 0.3) is 21.7 Å². The summed E-state index contributed by atoms with van der Waals surface area (Å²) in [6.45, 7) is 5.80. The molecule has 0 saturated carbocycles. The second-order valence-electron chi connectivity index (χ2n) is 10.8. The Kier molecular flexibility index (Phi) is 9.24. The zero-order chi connectivity index (χ0) is 28.8. The Morgan fingerprint density at radius 1 is 0.902 bits per heavy atom. The molecule has 0 amide bonds. The minimum atomic E-state index is -0.643. The number of pyridine rings is 1. The van der Waals surface area contributed by atoms with E-state index in [1.165, 1.54) is 29.2 Å². The molecule has 1 aromatic heterocycles. The maximum absolute atomic E-state index is 6.99. The topological polar surface area (TPSA) is 34.6 Å². The van der Waals surface area contributed by atoms with Gasteiger partial charge < -0.3 is 9.47 Å². The zero-order valence-corrected chi connectivity index (χ0v) is 25.2. The van der Waals surface area contributed by atoms with Crippen LogP contribution in [-0.4, -0.2) is 37.3 Å². The second kappa shape index (κ2) is 13.0. The van der Waals surface area contributed by atoms with E-state index in [1.807, 2.05) is 18.2 Å². The number of nitrogens with zero attached hydrogens (tertiary/aromatic N) is 2. The molecule has 4 nitrogen and oxygen atoms in total. The van der Waals surface area contributed by atoms with Crippen LogP contribution >= 0.6 is 11.6 Å². The smallest absolute Gasteiger partial charge is 0.217 e. The van der Waals surface area contributed by atoms with Gasteiger partial charge in [-0.1, -0.05) is 111 Å². The largest absolute Gasteiger partial charge is 0.481 e. The van der Waals surface area contributed by atoms with Gasteiger partial charge in [-0.25, -0.2) is 4.98 Å². The number of ether oxygens (including phenoxy) is 2. The molecule has 0 spiro atoms. The highest BCUT2D eigenvalue weighted by Gasteiger charge is 2.47. The number of unbranched alkanes of at least 4 members (excludes halogenated alkanes) is 1. The Morgan fingerprint density at radius 2 is 1.63 bits per heavy atom. The lowest BCUT2D eigenvalue weighted by Crippen LogP contribution is -2.47. The highest BCUT2D eigenvalue weighted by molar-refractivity contribution is 6.31. The minimum Gasteiger partial charge on any atom is -0.481 e. The van der Waals surface area contributed by atoms with Gasteiger partial charge in [-0.15, -0.1) is 0 Å². The minimum absolute atomic E-state index is 0.168. The van der Waals surface area contributed by atoms with Gasteiger partial charge in [0.05, 0.1) is 12.6 Å². The van der Waals surface area contributed by atoms with Crippen LogP contribution in [0.5, 0.6) is 5.88 Å². The molecule has 0 unspecified atom stereocenters. The van der Waals surface area contributed by atoms with Gasteiger partial charge in [0.1, 0.15) is 12.3 Å². The van der Waals surface area contributed by atoms with E-state index in [-0.39, 0.29) is 5.92 Å². The van der Waals surface area contributed by atoms with Crippen molar-refractivity contribution in [3.05, 3.63) is 119 Å². The first-order valence-corrected chi connectivity index (χ1v) is 14.9. The van der Waals surface area contributed by atoms with Crippen molar-refractivity contribution < 1.29 is 9.47 Å². The Bertz CT molecular complexity index is 1590. The van der Waals surface area contributed by atoms with Crippen molar-refractivity contribution in [3.8, 4) is 5.88 Å². The lowest BCUT2D eigenvalue weighted by molar-refractivity contribution is -0.145. The average Bonchev–Trinajstić information content (AvgIpc) is 3.02. The molecule has 1 fully saturated rings. The standard InChI is InChI=1S/C32H29ClN2O2.C4H10/c1-35-18-17-32(37-21-35,28-14-8-12-22-9-6-7-13-26(22)28)30(23-10-4-3-5-11-23)27-20-24-19-25(33)15-16-29(24)34-31(27)36-2;1-3-4-2/h3-16,19-20,30H,17-18,21H2,1-2H3;3-4H2,1-2H3/t30-,32+;/m1./s1. The van der Waals surface area contributed by atoms with Crippen LogP contribution < -0.4 is 4.74 Å². The van der Waals surface area contributed by atoms with Crippen LogP contribution in [0.1, 0.15) is 55.7 Å². The molecule has 0 bridgehead atoms. The Labute approximate surface area is 248 Å². The fourth-order valence-corrected chi connectivity index (χ4v) is 5.95. The molecule has 1 aliphatic rings. The van der Waals surface area contributed by atoms with Crippen LogP contribution in [0, 0.1) is 0 Å². The fourth-order valence-electron chi connectivity index (χ4n) is 5.77. The molecule has 1 saturated heterocycles. The summed E-state index contributed by atoms with van der Waals surface area (Å²) in [4.78, 5) is 7.15. The Hall–Kier alpha value is -3.44. The van der Waals surface area contributed by atoms with Gasteiger partial charge in [0, 0.05) is 28.4 Å². The highest BCUT2D eigenvalue weighted by atomic mass is 35.5. The number of methoxy groups -OCH3 is 1. The number of halogens is 1. The van der Waals surface area contributed by atoms with Gasteiger partial charge in [-0.3, -0.25) is 4.90 Å². The molecule has 5 aromatic rings. The van der Waals surface area contributed by atoms with Crippen LogP contribution in [0.2, 0.25) is 5.02 Å². The van der Waals surface area contributed by atoms with E-state index in [4.69, 9.17) is 26.1 Å². The van der Waals surface area contributed by atoms with Crippen LogP contribution in [0.15, 0.2) is 97.1 Å². The van der Waals surface area contributed by atoms with E-state index >= 15 is 0 Å². The van der Waals surface area contributed by atoms with Crippen molar-refractivity contribution in [2.45, 2.75) is 44.6 Å². The fraction of sp³-hybridized carbons (Fsp3) is 0.306. The Balaban J connectivity index is 0.000000794. The third-order valence-electron chi connectivity index (χ3n) is 8.03. The summed E-state index contributed by atoms with van der Waals surface area (Å²) in [5, 5.41) is 4.06. The molecule has 1 aliphatic heterocycles. The van der Waals surface area contributed by atoms with Crippen molar-refractivity contribution in [2.75, 3.05) is 27.4 Å². The number of hydrogen-bond acceptors (Lipinski definition) is 4. The number of hydrogen-bond donors (Lipinski definition) is 0. The molecule has 2 heterocycles. The molecule has 41 heavy (non-hydrogen) atoms. The molecule has 4 aromatic carbocycles. The maximum atomic E-state index is 6.99. The van der Waals surface area contributed by atoms with Gasteiger partial charge in [-0.2, -0.15) is 0 Å². The summed E-state index contributed by atoms with van der Waals surface area (Å²) >= 11 is 6.41. The number of fused-ring (bicyclic) bond motifs is 2. The monoisotopic (exact) mass is 566 g/mol. The van der Waals surface area contributed by atoms with Crippen molar-refractivity contribution in [1.82, 2.24) is 9.88 Å². The summed E-state index contributed by atoms with van der Waals surface area (Å²) < 4.78 is 13.0. The van der Waals surface area contributed by atoms with E-state index in [2.05, 4.69) is 105 Å². The summed E-state index contributed by atoms with van der Waals surface area (Å²) in [5.41, 5.74) is 3.53. The number of rotatable bonds is 6. The normalized spacial score (nSPS) is 18.1. The van der Waals surface area contributed by atoms with Gasteiger partial charge >= 0.3 is 0 Å². The summed E-state index contributed by atoms with van der Waals surface area (Å²) in [7, 11) is 3.79. The average molecular weight is 567 g/mol. The number of benzene rings is 4.